The maximum Gasteiger partial charge on any atom is 0.254 e. The van der Waals surface area contributed by atoms with Gasteiger partial charge in [0.1, 0.15) is 11.6 Å². The zero-order chi connectivity index (χ0) is 18.0. The third-order valence-corrected chi connectivity index (χ3v) is 4.38. The Hall–Kier alpha value is -2.76. The Kier molecular flexibility index (Phi) is 4.79. The number of halogens is 2. The van der Waals surface area contributed by atoms with Crippen molar-refractivity contribution < 1.29 is 18.4 Å². The predicted molar refractivity (Wildman–Crippen MR) is 88.8 cm³/mol. The SMILES string of the molecule is CC(=O)N1CCN(C(=O)c2cc(F)cc(F)c2)C(c2ccccc2)C1. The first-order valence-corrected chi connectivity index (χ1v) is 8.03. The highest BCUT2D eigenvalue weighted by Crippen LogP contribution is 2.27. The topological polar surface area (TPSA) is 40.6 Å². The van der Waals surface area contributed by atoms with E-state index in [0.29, 0.717) is 19.6 Å². The minimum absolute atomic E-state index is 0.0327. The number of carbonyl (C=O) groups excluding carboxylic acids is 2. The average Bonchev–Trinajstić information content (AvgIpc) is 2.60. The van der Waals surface area contributed by atoms with Gasteiger partial charge in [-0.3, -0.25) is 9.59 Å². The molecule has 0 spiro atoms. The lowest BCUT2D eigenvalue weighted by molar-refractivity contribution is -0.131. The first kappa shape index (κ1) is 17.1. The van der Waals surface area contributed by atoms with Crippen molar-refractivity contribution in [3.8, 4) is 0 Å². The Morgan fingerprint density at radius 2 is 1.64 bits per heavy atom. The summed E-state index contributed by atoms with van der Waals surface area (Å²) in [6, 6.07) is 11.8. The molecule has 130 valence electrons. The first-order valence-electron chi connectivity index (χ1n) is 8.03. The van der Waals surface area contributed by atoms with Crippen molar-refractivity contribution in [3.63, 3.8) is 0 Å². The fourth-order valence-electron chi connectivity index (χ4n) is 3.12. The van der Waals surface area contributed by atoms with Crippen LogP contribution in [0, 0.1) is 11.6 Å². The molecule has 0 aliphatic carbocycles. The molecule has 3 rings (SSSR count). The lowest BCUT2D eigenvalue weighted by Gasteiger charge is -2.41. The quantitative estimate of drug-likeness (QED) is 0.840. The van der Waals surface area contributed by atoms with Gasteiger partial charge in [0.05, 0.1) is 6.04 Å². The van der Waals surface area contributed by atoms with E-state index in [-0.39, 0.29) is 17.5 Å². The highest BCUT2D eigenvalue weighted by molar-refractivity contribution is 5.94. The highest BCUT2D eigenvalue weighted by atomic mass is 19.1. The van der Waals surface area contributed by atoms with Crippen molar-refractivity contribution in [2.45, 2.75) is 13.0 Å². The molecule has 1 atom stereocenters. The summed E-state index contributed by atoms with van der Waals surface area (Å²) in [6.07, 6.45) is 0. The number of benzene rings is 2. The minimum atomic E-state index is -0.790. The molecule has 4 nitrogen and oxygen atoms in total. The molecule has 1 saturated heterocycles. The van der Waals surface area contributed by atoms with Crippen LogP contribution in [0.5, 0.6) is 0 Å². The lowest BCUT2D eigenvalue weighted by Crippen LogP contribution is -2.51. The van der Waals surface area contributed by atoms with Gasteiger partial charge in [0.15, 0.2) is 0 Å². The van der Waals surface area contributed by atoms with Gasteiger partial charge in [0.25, 0.3) is 5.91 Å². The van der Waals surface area contributed by atoms with Gasteiger partial charge in [0.2, 0.25) is 5.91 Å². The molecule has 0 bridgehead atoms. The number of rotatable bonds is 2. The molecule has 1 aliphatic rings. The van der Waals surface area contributed by atoms with Crippen LogP contribution < -0.4 is 0 Å². The van der Waals surface area contributed by atoms with E-state index >= 15 is 0 Å². The Morgan fingerprint density at radius 1 is 1.00 bits per heavy atom. The van der Waals surface area contributed by atoms with Gasteiger partial charge in [-0.1, -0.05) is 30.3 Å². The van der Waals surface area contributed by atoms with Crippen LogP contribution in [0.2, 0.25) is 0 Å². The normalized spacial score (nSPS) is 17.5. The van der Waals surface area contributed by atoms with Crippen molar-refractivity contribution in [2.75, 3.05) is 19.6 Å². The van der Waals surface area contributed by atoms with E-state index in [4.69, 9.17) is 0 Å². The van der Waals surface area contributed by atoms with Gasteiger partial charge in [-0.15, -0.1) is 0 Å². The molecule has 2 aromatic rings. The molecule has 25 heavy (non-hydrogen) atoms. The maximum atomic E-state index is 13.5. The number of amides is 2. The minimum Gasteiger partial charge on any atom is -0.339 e. The fourth-order valence-corrected chi connectivity index (χ4v) is 3.12. The van der Waals surface area contributed by atoms with Gasteiger partial charge >= 0.3 is 0 Å². The van der Waals surface area contributed by atoms with Crippen LogP contribution in [0.1, 0.15) is 28.9 Å². The second-order valence-corrected chi connectivity index (χ2v) is 6.05. The first-order chi connectivity index (χ1) is 12.0. The molecule has 1 fully saturated rings. The monoisotopic (exact) mass is 344 g/mol. The molecule has 2 aromatic carbocycles. The summed E-state index contributed by atoms with van der Waals surface area (Å²) in [4.78, 5) is 27.8. The number of hydrogen-bond donors (Lipinski definition) is 0. The second kappa shape index (κ2) is 7.01. The van der Waals surface area contributed by atoms with E-state index in [9.17, 15) is 18.4 Å². The molecule has 6 heteroatoms. The van der Waals surface area contributed by atoms with Crippen LogP contribution in [0.4, 0.5) is 8.78 Å². The van der Waals surface area contributed by atoms with Gasteiger partial charge in [0, 0.05) is 38.2 Å². The Labute approximate surface area is 144 Å². The Balaban J connectivity index is 1.94. The Morgan fingerprint density at radius 3 is 2.24 bits per heavy atom. The van der Waals surface area contributed by atoms with Gasteiger partial charge in [-0.2, -0.15) is 0 Å². The van der Waals surface area contributed by atoms with E-state index in [1.54, 1.807) is 9.80 Å². The Bertz CT molecular complexity index is 775. The zero-order valence-electron chi connectivity index (χ0n) is 13.8. The van der Waals surface area contributed by atoms with Gasteiger partial charge in [-0.25, -0.2) is 8.78 Å². The number of piperazine rings is 1. The maximum absolute atomic E-state index is 13.5. The van der Waals surface area contributed by atoms with Crippen molar-refractivity contribution in [2.24, 2.45) is 0 Å². The molecule has 1 aliphatic heterocycles. The van der Waals surface area contributed by atoms with Crippen molar-refractivity contribution in [1.29, 1.82) is 0 Å². The third kappa shape index (κ3) is 3.68. The molecule has 2 amide bonds. The van der Waals surface area contributed by atoms with Crippen molar-refractivity contribution in [1.82, 2.24) is 9.80 Å². The summed E-state index contributed by atoms with van der Waals surface area (Å²) < 4.78 is 27.0. The van der Waals surface area contributed by atoms with E-state index in [0.717, 1.165) is 23.8 Å². The molecule has 1 unspecified atom stereocenters. The number of carbonyl (C=O) groups is 2. The van der Waals surface area contributed by atoms with Gasteiger partial charge in [-0.05, 0) is 17.7 Å². The third-order valence-electron chi connectivity index (χ3n) is 4.38. The van der Waals surface area contributed by atoms with Gasteiger partial charge < -0.3 is 9.80 Å². The number of hydrogen-bond acceptors (Lipinski definition) is 2. The smallest absolute Gasteiger partial charge is 0.254 e. The highest BCUT2D eigenvalue weighted by Gasteiger charge is 2.33. The predicted octanol–water partition coefficient (Wildman–Crippen LogP) is 3.01. The molecule has 1 heterocycles. The summed E-state index contributed by atoms with van der Waals surface area (Å²) >= 11 is 0. The van der Waals surface area contributed by atoms with E-state index in [1.165, 1.54) is 6.92 Å². The number of nitrogens with zero attached hydrogens (tertiary/aromatic N) is 2. The second-order valence-electron chi connectivity index (χ2n) is 6.05. The van der Waals surface area contributed by atoms with E-state index in [1.807, 2.05) is 30.3 Å². The lowest BCUT2D eigenvalue weighted by atomic mass is 10.0. The van der Waals surface area contributed by atoms with E-state index < -0.39 is 17.5 Å². The molecule has 0 aromatic heterocycles. The summed E-state index contributed by atoms with van der Waals surface area (Å²) in [7, 11) is 0. The summed E-state index contributed by atoms with van der Waals surface area (Å²) in [5, 5.41) is 0. The van der Waals surface area contributed by atoms with Crippen LogP contribution in [-0.2, 0) is 4.79 Å². The molecular formula is C19H18F2N2O2. The zero-order valence-corrected chi connectivity index (χ0v) is 13.8. The van der Waals surface area contributed by atoms with Crippen LogP contribution in [-0.4, -0.2) is 41.2 Å². The largest absolute Gasteiger partial charge is 0.339 e. The standard InChI is InChI=1S/C19H18F2N2O2/c1-13(24)22-7-8-23(18(12-22)14-5-3-2-4-6-14)19(25)15-9-16(20)11-17(21)10-15/h2-6,9-11,18H,7-8,12H2,1H3. The van der Waals surface area contributed by atoms with Crippen LogP contribution in [0.15, 0.2) is 48.5 Å². The summed E-state index contributed by atoms with van der Waals surface area (Å²) in [5.74, 6) is -2.09. The average molecular weight is 344 g/mol. The van der Waals surface area contributed by atoms with Crippen LogP contribution in [0.25, 0.3) is 0 Å². The summed E-state index contributed by atoms with van der Waals surface area (Å²) in [6.45, 7) is 2.53. The van der Waals surface area contributed by atoms with Crippen molar-refractivity contribution >= 4 is 11.8 Å². The molecule has 0 saturated carbocycles. The van der Waals surface area contributed by atoms with Crippen LogP contribution >= 0.6 is 0 Å². The van der Waals surface area contributed by atoms with E-state index in [2.05, 4.69) is 0 Å². The molecule has 0 N–H and O–H groups in total. The summed E-state index contributed by atoms with van der Waals surface area (Å²) in [5.41, 5.74) is 0.841. The van der Waals surface area contributed by atoms with Crippen LogP contribution in [0.3, 0.4) is 0 Å². The van der Waals surface area contributed by atoms with Crippen molar-refractivity contribution in [3.05, 3.63) is 71.3 Å². The fraction of sp³-hybridized carbons (Fsp3) is 0.263. The molecule has 0 radical (unpaired) electrons. The molecular weight excluding hydrogens is 326 g/mol.